The lowest BCUT2D eigenvalue weighted by Gasteiger charge is -2.33. The first-order chi connectivity index (χ1) is 11.1. The first-order valence-electron chi connectivity index (χ1n) is 8.19. The molecular weight excluding hydrogens is 300 g/mol. The van der Waals surface area contributed by atoms with Crippen molar-refractivity contribution in [3.05, 3.63) is 58.4 Å². The van der Waals surface area contributed by atoms with Gasteiger partial charge < -0.3 is 10.3 Å². The summed E-state index contributed by atoms with van der Waals surface area (Å²) in [6.07, 6.45) is 0.811. The molecule has 1 amide bonds. The molecule has 0 fully saturated rings. The van der Waals surface area contributed by atoms with Crippen LogP contribution in [-0.4, -0.2) is 16.4 Å². The quantitative estimate of drug-likeness (QED) is 0.892. The summed E-state index contributed by atoms with van der Waals surface area (Å²) < 4.78 is 0. The number of hydrogen-bond donors (Lipinski definition) is 2. The molecule has 1 heterocycles. The van der Waals surface area contributed by atoms with Gasteiger partial charge in [-0.1, -0.05) is 51.1 Å². The van der Waals surface area contributed by atoms with E-state index in [9.17, 15) is 9.59 Å². The number of carbonyl (C=O) groups is 1. The number of carbonyl (C=O) groups excluding carboxylic acids is 1. The molecule has 0 saturated heterocycles. The van der Waals surface area contributed by atoms with Crippen molar-refractivity contribution in [1.82, 2.24) is 10.3 Å². The average molecular weight is 326 g/mol. The maximum absolute atomic E-state index is 12.5. The second-order valence-electron chi connectivity index (χ2n) is 8.06. The summed E-state index contributed by atoms with van der Waals surface area (Å²) in [6, 6.07) is 12.9. The number of H-pyrrole nitrogens is 1. The molecule has 2 N–H and O–H groups in total. The highest BCUT2D eigenvalue weighted by molar-refractivity contribution is 5.94. The van der Waals surface area contributed by atoms with Gasteiger partial charge in [0.25, 0.3) is 11.5 Å². The number of rotatable bonds is 4. The SMILES string of the molecule is CC(C)(C)CC(C)(C)NC(=O)c1ccc(-c2ccccc2)[nH]c1=O. The number of benzene rings is 1. The minimum Gasteiger partial charge on any atom is -0.347 e. The number of pyridine rings is 1. The van der Waals surface area contributed by atoms with E-state index in [0.717, 1.165) is 12.0 Å². The molecule has 0 saturated carbocycles. The lowest BCUT2D eigenvalue weighted by Crippen LogP contribution is -2.47. The van der Waals surface area contributed by atoms with E-state index in [1.54, 1.807) is 12.1 Å². The minimum atomic E-state index is -0.389. The van der Waals surface area contributed by atoms with Crippen LogP contribution in [0, 0.1) is 5.41 Å². The Hall–Kier alpha value is -2.36. The van der Waals surface area contributed by atoms with E-state index in [1.807, 2.05) is 44.2 Å². The van der Waals surface area contributed by atoms with Crippen LogP contribution in [-0.2, 0) is 0 Å². The lowest BCUT2D eigenvalue weighted by molar-refractivity contribution is 0.0890. The zero-order valence-corrected chi connectivity index (χ0v) is 15.1. The number of hydrogen-bond acceptors (Lipinski definition) is 2. The third-order valence-corrected chi connectivity index (χ3v) is 3.66. The van der Waals surface area contributed by atoms with Crippen molar-refractivity contribution in [2.75, 3.05) is 0 Å². The summed E-state index contributed by atoms with van der Waals surface area (Å²) in [5.41, 5.74) is 1.07. The Bertz CT molecular complexity index is 768. The highest BCUT2D eigenvalue weighted by Crippen LogP contribution is 2.27. The molecular formula is C20H26N2O2. The monoisotopic (exact) mass is 326 g/mol. The number of amides is 1. The van der Waals surface area contributed by atoms with Crippen LogP contribution < -0.4 is 10.9 Å². The van der Waals surface area contributed by atoms with E-state index < -0.39 is 0 Å². The molecule has 0 radical (unpaired) electrons. The second kappa shape index (κ2) is 6.63. The maximum atomic E-state index is 12.5. The third kappa shape index (κ3) is 4.82. The Balaban J connectivity index is 2.21. The fourth-order valence-electron chi connectivity index (χ4n) is 3.18. The first kappa shape index (κ1) is 18.0. The zero-order chi connectivity index (χ0) is 18.0. The van der Waals surface area contributed by atoms with Crippen LogP contribution in [0.25, 0.3) is 11.3 Å². The van der Waals surface area contributed by atoms with Crippen LogP contribution in [0.5, 0.6) is 0 Å². The van der Waals surface area contributed by atoms with Crippen molar-refractivity contribution < 1.29 is 4.79 Å². The fourth-order valence-corrected chi connectivity index (χ4v) is 3.18. The van der Waals surface area contributed by atoms with Crippen LogP contribution in [0.3, 0.4) is 0 Å². The molecule has 24 heavy (non-hydrogen) atoms. The topological polar surface area (TPSA) is 62.0 Å². The van der Waals surface area contributed by atoms with Gasteiger partial charge in [-0.15, -0.1) is 0 Å². The predicted molar refractivity (Wildman–Crippen MR) is 98.1 cm³/mol. The highest BCUT2D eigenvalue weighted by Gasteiger charge is 2.28. The van der Waals surface area contributed by atoms with Gasteiger partial charge in [0.05, 0.1) is 0 Å². The third-order valence-electron chi connectivity index (χ3n) is 3.66. The molecule has 128 valence electrons. The molecule has 4 nitrogen and oxygen atoms in total. The van der Waals surface area contributed by atoms with Gasteiger partial charge in [0.2, 0.25) is 0 Å². The summed E-state index contributed by atoms with van der Waals surface area (Å²) >= 11 is 0. The Kier molecular flexibility index (Phi) is 4.97. The van der Waals surface area contributed by atoms with E-state index >= 15 is 0 Å². The van der Waals surface area contributed by atoms with Crippen LogP contribution >= 0.6 is 0 Å². The largest absolute Gasteiger partial charge is 0.347 e. The Morgan fingerprint density at radius 3 is 2.17 bits per heavy atom. The van der Waals surface area contributed by atoms with Gasteiger partial charge in [-0.3, -0.25) is 9.59 Å². The normalized spacial score (nSPS) is 12.0. The molecule has 2 rings (SSSR count). The van der Waals surface area contributed by atoms with Crippen molar-refractivity contribution in [2.24, 2.45) is 5.41 Å². The highest BCUT2D eigenvalue weighted by atomic mass is 16.2. The second-order valence-corrected chi connectivity index (χ2v) is 8.06. The first-order valence-corrected chi connectivity index (χ1v) is 8.19. The van der Waals surface area contributed by atoms with E-state index in [0.29, 0.717) is 5.69 Å². The molecule has 0 aliphatic rings. The van der Waals surface area contributed by atoms with Gasteiger partial charge in [-0.25, -0.2) is 0 Å². The number of aromatic nitrogens is 1. The molecule has 0 aliphatic heterocycles. The van der Waals surface area contributed by atoms with Gasteiger partial charge >= 0.3 is 0 Å². The van der Waals surface area contributed by atoms with Gasteiger partial charge in [0.15, 0.2) is 0 Å². The lowest BCUT2D eigenvalue weighted by atomic mass is 9.81. The molecule has 2 aromatic rings. The van der Waals surface area contributed by atoms with Crippen LogP contribution in [0.1, 0.15) is 51.4 Å². The van der Waals surface area contributed by atoms with E-state index in [-0.39, 0.29) is 28.0 Å². The Morgan fingerprint density at radius 1 is 1.00 bits per heavy atom. The van der Waals surface area contributed by atoms with Gasteiger partial charge in [-0.05, 0) is 43.4 Å². The Labute approximate surface area is 143 Å². The van der Waals surface area contributed by atoms with Crippen molar-refractivity contribution in [3.8, 4) is 11.3 Å². The summed E-state index contributed by atoms with van der Waals surface area (Å²) in [7, 11) is 0. The van der Waals surface area contributed by atoms with Crippen LogP contribution in [0.2, 0.25) is 0 Å². The van der Waals surface area contributed by atoms with Crippen molar-refractivity contribution in [2.45, 2.75) is 46.6 Å². The summed E-state index contributed by atoms with van der Waals surface area (Å²) in [4.78, 5) is 27.6. The van der Waals surface area contributed by atoms with Crippen molar-refractivity contribution in [3.63, 3.8) is 0 Å². The predicted octanol–water partition coefficient (Wildman–Crippen LogP) is 3.99. The minimum absolute atomic E-state index is 0.0837. The summed E-state index contributed by atoms with van der Waals surface area (Å²) in [6.45, 7) is 10.3. The molecule has 4 heteroatoms. The molecule has 0 spiro atoms. The van der Waals surface area contributed by atoms with Crippen molar-refractivity contribution >= 4 is 5.91 Å². The fraction of sp³-hybridized carbons (Fsp3) is 0.400. The van der Waals surface area contributed by atoms with E-state index in [4.69, 9.17) is 0 Å². The van der Waals surface area contributed by atoms with Crippen LogP contribution in [0.4, 0.5) is 0 Å². The zero-order valence-electron chi connectivity index (χ0n) is 15.1. The number of nitrogens with one attached hydrogen (secondary N) is 2. The van der Waals surface area contributed by atoms with Crippen LogP contribution in [0.15, 0.2) is 47.3 Å². The Morgan fingerprint density at radius 2 is 1.62 bits per heavy atom. The molecule has 0 bridgehead atoms. The molecule has 1 aromatic carbocycles. The molecule has 1 aromatic heterocycles. The van der Waals surface area contributed by atoms with Gasteiger partial charge in [-0.2, -0.15) is 0 Å². The maximum Gasteiger partial charge on any atom is 0.261 e. The average Bonchev–Trinajstić information content (AvgIpc) is 2.44. The molecule has 0 atom stereocenters. The molecule has 0 unspecified atom stereocenters. The summed E-state index contributed by atoms with van der Waals surface area (Å²) in [5.74, 6) is -0.342. The van der Waals surface area contributed by atoms with E-state index in [1.165, 1.54) is 0 Å². The smallest absolute Gasteiger partial charge is 0.261 e. The molecule has 0 aliphatic carbocycles. The van der Waals surface area contributed by atoms with Gasteiger partial charge in [0.1, 0.15) is 5.56 Å². The van der Waals surface area contributed by atoms with E-state index in [2.05, 4.69) is 31.1 Å². The van der Waals surface area contributed by atoms with Gasteiger partial charge in [0, 0.05) is 11.2 Å². The number of aromatic amines is 1. The van der Waals surface area contributed by atoms with Crippen molar-refractivity contribution in [1.29, 1.82) is 0 Å². The summed E-state index contributed by atoms with van der Waals surface area (Å²) in [5, 5.41) is 2.97. The standard InChI is InChI=1S/C20H26N2O2/c1-19(2,3)13-20(4,5)22-18(24)15-11-12-16(21-17(15)23)14-9-7-6-8-10-14/h6-12H,13H2,1-5H3,(H,21,23)(H,22,24).